The first-order valence-electron chi connectivity index (χ1n) is 5.92. The molecule has 1 aliphatic rings. The standard InChI is InChI=1S/C13H12ClN3O2/c14-10-6-9(7-11-12(10)19-5-4-18-11)8-17-13-15-2-1-3-16-13/h1-3,6-7H,4-5,8H2,(H,15,16,17). The van der Waals surface area contributed by atoms with Gasteiger partial charge in [-0.15, -0.1) is 0 Å². The Kier molecular flexibility index (Phi) is 3.37. The number of nitrogens with zero attached hydrogens (tertiary/aromatic N) is 2. The molecular weight excluding hydrogens is 266 g/mol. The van der Waals surface area contributed by atoms with Gasteiger partial charge in [-0.05, 0) is 23.8 Å². The number of ether oxygens (including phenoxy) is 2. The lowest BCUT2D eigenvalue weighted by Crippen LogP contribution is -2.16. The maximum Gasteiger partial charge on any atom is 0.222 e. The van der Waals surface area contributed by atoms with Crippen molar-refractivity contribution in [1.82, 2.24) is 9.97 Å². The molecule has 0 saturated heterocycles. The summed E-state index contributed by atoms with van der Waals surface area (Å²) in [5, 5.41) is 3.68. The monoisotopic (exact) mass is 277 g/mol. The van der Waals surface area contributed by atoms with E-state index in [1.807, 2.05) is 12.1 Å². The predicted molar refractivity (Wildman–Crippen MR) is 71.8 cm³/mol. The Balaban J connectivity index is 1.76. The van der Waals surface area contributed by atoms with Gasteiger partial charge in [0, 0.05) is 18.9 Å². The first-order valence-corrected chi connectivity index (χ1v) is 6.29. The van der Waals surface area contributed by atoms with Crippen LogP contribution < -0.4 is 14.8 Å². The normalized spacial score (nSPS) is 13.1. The fraction of sp³-hybridized carbons (Fsp3) is 0.231. The van der Waals surface area contributed by atoms with Gasteiger partial charge in [-0.25, -0.2) is 9.97 Å². The summed E-state index contributed by atoms with van der Waals surface area (Å²) in [4.78, 5) is 8.19. The molecule has 1 N–H and O–H groups in total. The highest BCUT2D eigenvalue weighted by molar-refractivity contribution is 6.32. The van der Waals surface area contributed by atoms with Crippen LogP contribution in [0.3, 0.4) is 0 Å². The molecule has 2 heterocycles. The van der Waals surface area contributed by atoms with Crippen LogP contribution in [0.25, 0.3) is 0 Å². The van der Waals surface area contributed by atoms with E-state index in [4.69, 9.17) is 21.1 Å². The van der Waals surface area contributed by atoms with Gasteiger partial charge in [-0.1, -0.05) is 11.6 Å². The molecule has 3 rings (SSSR count). The van der Waals surface area contributed by atoms with Crippen LogP contribution >= 0.6 is 11.6 Å². The van der Waals surface area contributed by atoms with E-state index >= 15 is 0 Å². The summed E-state index contributed by atoms with van der Waals surface area (Å²) in [5.41, 5.74) is 0.988. The lowest BCUT2D eigenvalue weighted by molar-refractivity contribution is 0.171. The quantitative estimate of drug-likeness (QED) is 0.934. The Morgan fingerprint density at radius 3 is 2.79 bits per heavy atom. The van der Waals surface area contributed by atoms with Crippen molar-refractivity contribution in [2.24, 2.45) is 0 Å². The molecule has 0 fully saturated rings. The fourth-order valence-electron chi connectivity index (χ4n) is 1.84. The molecule has 0 radical (unpaired) electrons. The number of nitrogens with one attached hydrogen (secondary N) is 1. The van der Waals surface area contributed by atoms with E-state index in [0.717, 1.165) is 5.56 Å². The average molecular weight is 278 g/mol. The zero-order valence-electron chi connectivity index (χ0n) is 10.1. The summed E-state index contributed by atoms with van der Waals surface area (Å²) in [7, 11) is 0. The van der Waals surface area contributed by atoms with E-state index in [-0.39, 0.29) is 0 Å². The van der Waals surface area contributed by atoms with Gasteiger partial charge in [0.05, 0.1) is 5.02 Å². The van der Waals surface area contributed by atoms with Gasteiger partial charge in [0.1, 0.15) is 13.2 Å². The van der Waals surface area contributed by atoms with Crippen molar-refractivity contribution >= 4 is 17.5 Å². The molecule has 1 aliphatic heterocycles. The maximum absolute atomic E-state index is 6.17. The minimum Gasteiger partial charge on any atom is -0.486 e. The molecule has 0 amide bonds. The average Bonchev–Trinajstić information content (AvgIpc) is 2.46. The second kappa shape index (κ2) is 5.32. The van der Waals surface area contributed by atoms with Crippen LogP contribution in [-0.4, -0.2) is 23.2 Å². The van der Waals surface area contributed by atoms with Crippen LogP contribution in [0.2, 0.25) is 5.02 Å². The molecular formula is C13H12ClN3O2. The minimum absolute atomic E-state index is 0.530. The van der Waals surface area contributed by atoms with Crippen molar-refractivity contribution < 1.29 is 9.47 Å². The number of halogens is 1. The third-order valence-corrected chi connectivity index (χ3v) is 2.95. The van der Waals surface area contributed by atoms with Gasteiger partial charge in [0.25, 0.3) is 0 Å². The van der Waals surface area contributed by atoms with Crippen molar-refractivity contribution in [3.8, 4) is 11.5 Å². The topological polar surface area (TPSA) is 56.3 Å². The second-order valence-corrected chi connectivity index (χ2v) is 4.43. The Hall–Kier alpha value is -2.01. The first kappa shape index (κ1) is 12.0. The van der Waals surface area contributed by atoms with Gasteiger partial charge in [0.15, 0.2) is 11.5 Å². The number of rotatable bonds is 3. The summed E-state index contributed by atoms with van der Waals surface area (Å²) >= 11 is 6.17. The molecule has 6 heteroatoms. The highest BCUT2D eigenvalue weighted by Gasteiger charge is 2.16. The smallest absolute Gasteiger partial charge is 0.222 e. The Bertz CT molecular complexity index is 578. The first-order chi connectivity index (χ1) is 9.33. The maximum atomic E-state index is 6.17. The van der Waals surface area contributed by atoms with E-state index < -0.39 is 0 Å². The van der Waals surface area contributed by atoms with Crippen LogP contribution in [-0.2, 0) is 6.54 Å². The van der Waals surface area contributed by atoms with E-state index in [9.17, 15) is 0 Å². The van der Waals surface area contributed by atoms with Crippen LogP contribution in [0.5, 0.6) is 11.5 Å². The van der Waals surface area contributed by atoms with Gasteiger partial charge in [-0.3, -0.25) is 0 Å². The molecule has 0 spiro atoms. The molecule has 5 nitrogen and oxygen atoms in total. The van der Waals surface area contributed by atoms with Crippen molar-refractivity contribution in [2.45, 2.75) is 6.54 Å². The summed E-state index contributed by atoms with van der Waals surface area (Å²) in [6.45, 7) is 1.64. The van der Waals surface area contributed by atoms with Gasteiger partial charge < -0.3 is 14.8 Å². The van der Waals surface area contributed by atoms with Crippen LogP contribution in [0, 0.1) is 0 Å². The number of aromatic nitrogens is 2. The summed E-state index contributed by atoms with van der Waals surface area (Å²) in [5.74, 6) is 1.88. The number of anilines is 1. The summed E-state index contributed by atoms with van der Waals surface area (Å²) in [6, 6.07) is 5.54. The third-order valence-electron chi connectivity index (χ3n) is 2.67. The molecule has 1 aromatic heterocycles. The lowest BCUT2D eigenvalue weighted by atomic mass is 10.2. The Morgan fingerprint density at radius 1 is 1.16 bits per heavy atom. The fourth-order valence-corrected chi connectivity index (χ4v) is 2.13. The molecule has 98 valence electrons. The van der Waals surface area contributed by atoms with Crippen molar-refractivity contribution in [3.63, 3.8) is 0 Å². The Labute approximate surface area is 115 Å². The minimum atomic E-state index is 0.530. The SMILES string of the molecule is Clc1cc(CNc2ncccn2)cc2c1OCCO2. The number of fused-ring (bicyclic) bond motifs is 1. The highest BCUT2D eigenvalue weighted by atomic mass is 35.5. The Morgan fingerprint density at radius 2 is 1.95 bits per heavy atom. The predicted octanol–water partition coefficient (Wildman–Crippen LogP) is 2.51. The van der Waals surface area contributed by atoms with E-state index in [1.54, 1.807) is 18.5 Å². The van der Waals surface area contributed by atoms with Gasteiger partial charge in [0.2, 0.25) is 5.95 Å². The molecule has 0 saturated carbocycles. The van der Waals surface area contributed by atoms with Crippen LogP contribution in [0.1, 0.15) is 5.56 Å². The number of hydrogen-bond donors (Lipinski definition) is 1. The molecule has 19 heavy (non-hydrogen) atoms. The van der Waals surface area contributed by atoms with Gasteiger partial charge >= 0.3 is 0 Å². The molecule has 1 aromatic carbocycles. The largest absolute Gasteiger partial charge is 0.486 e. The highest BCUT2D eigenvalue weighted by Crippen LogP contribution is 2.38. The van der Waals surface area contributed by atoms with Crippen LogP contribution in [0.4, 0.5) is 5.95 Å². The summed E-state index contributed by atoms with van der Waals surface area (Å²) < 4.78 is 11.0. The van der Waals surface area contributed by atoms with E-state index in [0.29, 0.717) is 42.2 Å². The van der Waals surface area contributed by atoms with Crippen molar-refractivity contribution in [2.75, 3.05) is 18.5 Å². The second-order valence-electron chi connectivity index (χ2n) is 4.03. The zero-order valence-corrected chi connectivity index (χ0v) is 10.9. The molecule has 2 aromatic rings. The van der Waals surface area contributed by atoms with Crippen molar-refractivity contribution in [1.29, 1.82) is 0 Å². The van der Waals surface area contributed by atoms with Crippen molar-refractivity contribution in [3.05, 3.63) is 41.2 Å². The third kappa shape index (κ3) is 2.71. The number of benzene rings is 1. The van der Waals surface area contributed by atoms with E-state index in [1.165, 1.54) is 0 Å². The molecule has 0 aliphatic carbocycles. The molecule has 0 atom stereocenters. The summed E-state index contributed by atoms with van der Waals surface area (Å²) in [6.07, 6.45) is 3.37. The zero-order chi connectivity index (χ0) is 13.1. The lowest BCUT2D eigenvalue weighted by Gasteiger charge is -2.20. The van der Waals surface area contributed by atoms with Gasteiger partial charge in [-0.2, -0.15) is 0 Å². The molecule has 0 unspecified atom stereocenters. The van der Waals surface area contributed by atoms with E-state index in [2.05, 4.69) is 15.3 Å². The molecule has 0 bridgehead atoms. The van der Waals surface area contributed by atoms with Crippen LogP contribution in [0.15, 0.2) is 30.6 Å². The number of hydrogen-bond acceptors (Lipinski definition) is 5.